The van der Waals surface area contributed by atoms with Crippen molar-refractivity contribution in [2.75, 3.05) is 26.5 Å². The molecule has 0 atom stereocenters. The van der Waals surface area contributed by atoms with Crippen LogP contribution in [0.25, 0.3) is 0 Å². The number of hydrogen-bond donors (Lipinski definition) is 0. The van der Waals surface area contributed by atoms with Gasteiger partial charge in [-0.1, -0.05) is 48.5 Å². The molecule has 0 aliphatic rings. The number of benzene rings is 3. The van der Waals surface area contributed by atoms with E-state index in [-0.39, 0.29) is 18.9 Å². The molecule has 38 heavy (non-hydrogen) atoms. The van der Waals surface area contributed by atoms with E-state index >= 15 is 0 Å². The van der Waals surface area contributed by atoms with Crippen molar-refractivity contribution in [2.24, 2.45) is 0 Å². The van der Waals surface area contributed by atoms with Crippen molar-refractivity contribution in [3.8, 4) is 5.75 Å². The van der Waals surface area contributed by atoms with Crippen molar-refractivity contribution in [3.05, 3.63) is 94.8 Å². The Balaban J connectivity index is 1.72. The zero-order valence-electron chi connectivity index (χ0n) is 20.8. The van der Waals surface area contributed by atoms with Crippen molar-refractivity contribution in [1.82, 2.24) is 4.90 Å². The summed E-state index contributed by atoms with van der Waals surface area (Å²) < 4.78 is 88.4. The van der Waals surface area contributed by atoms with Crippen molar-refractivity contribution in [2.45, 2.75) is 30.6 Å². The molecule has 6 nitrogen and oxygen atoms in total. The fourth-order valence-corrected chi connectivity index (χ4v) is 4.75. The highest BCUT2D eigenvalue weighted by atomic mass is 32.2. The van der Waals surface area contributed by atoms with Gasteiger partial charge in [0, 0.05) is 32.0 Å². The number of ether oxygens (including phenoxy) is 2. The van der Waals surface area contributed by atoms with E-state index in [1.165, 1.54) is 6.07 Å². The van der Waals surface area contributed by atoms with E-state index in [1.54, 1.807) is 6.07 Å². The molecule has 204 valence electrons. The molecule has 3 rings (SSSR count). The third-order valence-electron chi connectivity index (χ3n) is 5.61. The maximum atomic E-state index is 14.6. The summed E-state index contributed by atoms with van der Waals surface area (Å²) in [6.45, 7) is 1.21. The Bertz CT molecular complexity index is 1360. The van der Waals surface area contributed by atoms with Gasteiger partial charge in [0.05, 0.1) is 24.2 Å². The van der Waals surface area contributed by atoms with Crippen molar-refractivity contribution in [3.63, 3.8) is 0 Å². The average molecular weight is 554 g/mol. The smallest absolute Gasteiger partial charge is 0.416 e. The summed E-state index contributed by atoms with van der Waals surface area (Å²) in [5.74, 6) is -2.30. The van der Waals surface area contributed by atoms with Crippen molar-refractivity contribution in [1.29, 1.82) is 0 Å². The van der Waals surface area contributed by atoms with Gasteiger partial charge in [-0.15, -0.1) is 0 Å². The third kappa shape index (κ3) is 8.03. The Morgan fingerprint density at radius 2 is 1.61 bits per heavy atom. The first-order chi connectivity index (χ1) is 17.9. The minimum absolute atomic E-state index is 0.0636. The Kier molecular flexibility index (Phi) is 9.50. The standard InChI is InChI=1S/C27H27F4NO5S/c1-36-26(33)25-23(28)15-22(16-24(25)38(2,34)35)37-13-7-12-32(17-19-8-4-3-5-9-19)18-20-10-6-11-21(14-20)27(29,30)31/h3-6,8-11,14-16H,7,12-13,17-18H2,1-2H3. The second-order valence-corrected chi connectivity index (χ2v) is 10.6. The fourth-order valence-electron chi connectivity index (χ4n) is 3.87. The molecule has 0 aliphatic heterocycles. The van der Waals surface area contributed by atoms with Gasteiger partial charge in [-0.2, -0.15) is 13.2 Å². The van der Waals surface area contributed by atoms with Gasteiger partial charge in [-0.3, -0.25) is 4.90 Å². The Morgan fingerprint density at radius 1 is 0.947 bits per heavy atom. The van der Waals surface area contributed by atoms with E-state index in [2.05, 4.69) is 4.74 Å². The van der Waals surface area contributed by atoms with Crippen molar-refractivity contribution >= 4 is 15.8 Å². The fraction of sp³-hybridized carbons (Fsp3) is 0.296. The lowest BCUT2D eigenvalue weighted by atomic mass is 10.1. The summed E-state index contributed by atoms with van der Waals surface area (Å²) in [4.78, 5) is 13.3. The van der Waals surface area contributed by atoms with Gasteiger partial charge >= 0.3 is 12.1 Å². The summed E-state index contributed by atoms with van der Waals surface area (Å²) in [6.07, 6.45) is -3.20. The van der Waals surface area contributed by atoms with E-state index < -0.39 is 43.8 Å². The molecule has 11 heteroatoms. The number of nitrogens with zero attached hydrogens (tertiary/aromatic N) is 1. The molecule has 0 spiro atoms. The number of hydrogen-bond acceptors (Lipinski definition) is 6. The summed E-state index contributed by atoms with van der Waals surface area (Å²) in [6, 6.07) is 16.5. The minimum Gasteiger partial charge on any atom is -0.493 e. The van der Waals surface area contributed by atoms with Gasteiger partial charge < -0.3 is 9.47 Å². The minimum atomic E-state index is -4.45. The number of esters is 1. The third-order valence-corrected chi connectivity index (χ3v) is 6.73. The van der Waals surface area contributed by atoms with Crippen LogP contribution in [0, 0.1) is 5.82 Å². The molecule has 0 saturated heterocycles. The number of alkyl halides is 3. The quantitative estimate of drug-likeness (QED) is 0.177. The van der Waals surface area contributed by atoms with E-state index in [9.17, 15) is 30.8 Å². The Labute approximate surface area is 218 Å². The van der Waals surface area contributed by atoms with Crippen LogP contribution < -0.4 is 4.74 Å². The molecule has 0 saturated carbocycles. The van der Waals surface area contributed by atoms with Crippen LogP contribution >= 0.6 is 0 Å². The maximum absolute atomic E-state index is 14.6. The molecular weight excluding hydrogens is 526 g/mol. The molecule has 3 aromatic rings. The number of methoxy groups -OCH3 is 1. The second kappa shape index (κ2) is 12.4. The van der Waals surface area contributed by atoms with Crippen molar-refractivity contribution < 1.29 is 40.2 Å². The lowest BCUT2D eigenvalue weighted by Gasteiger charge is -2.23. The molecule has 0 bridgehead atoms. The van der Waals surface area contributed by atoms with Gasteiger partial charge in [0.2, 0.25) is 0 Å². The highest BCUT2D eigenvalue weighted by molar-refractivity contribution is 7.90. The van der Waals surface area contributed by atoms with Crippen LogP contribution in [0.4, 0.5) is 17.6 Å². The van der Waals surface area contributed by atoms with Crippen LogP contribution in [0.15, 0.2) is 71.6 Å². The van der Waals surface area contributed by atoms with Crippen LogP contribution in [0.2, 0.25) is 0 Å². The lowest BCUT2D eigenvalue weighted by Crippen LogP contribution is -2.25. The van der Waals surface area contributed by atoms with Crippen LogP contribution in [0.5, 0.6) is 5.75 Å². The predicted octanol–water partition coefficient (Wildman–Crippen LogP) is 5.51. The van der Waals surface area contributed by atoms with E-state index in [0.717, 1.165) is 43.2 Å². The van der Waals surface area contributed by atoms with E-state index in [1.807, 2.05) is 35.2 Å². The lowest BCUT2D eigenvalue weighted by molar-refractivity contribution is -0.137. The molecule has 0 N–H and O–H groups in total. The largest absolute Gasteiger partial charge is 0.493 e. The van der Waals surface area contributed by atoms with Gasteiger partial charge in [0.1, 0.15) is 17.1 Å². The monoisotopic (exact) mass is 553 g/mol. The highest BCUT2D eigenvalue weighted by Gasteiger charge is 2.30. The molecule has 3 aromatic carbocycles. The number of rotatable bonds is 11. The summed E-state index contributed by atoms with van der Waals surface area (Å²) in [5.41, 5.74) is 0.0446. The van der Waals surface area contributed by atoms with Crippen LogP contribution in [0.1, 0.15) is 33.5 Å². The van der Waals surface area contributed by atoms with E-state index in [0.29, 0.717) is 25.1 Å². The first kappa shape index (κ1) is 29.1. The first-order valence-corrected chi connectivity index (χ1v) is 13.4. The maximum Gasteiger partial charge on any atom is 0.416 e. The molecule has 0 radical (unpaired) electrons. The van der Waals surface area contributed by atoms with Crippen LogP contribution in [-0.4, -0.2) is 45.8 Å². The summed E-state index contributed by atoms with van der Waals surface area (Å²) >= 11 is 0. The SMILES string of the molecule is COC(=O)c1c(F)cc(OCCCN(Cc2ccccc2)Cc2cccc(C(F)(F)F)c2)cc1S(C)(=O)=O. The molecule has 0 aromatic heterocycles. The first-order valence-electron chi connectivity index (χ1n) is 11.6. The number of carbonyl (C=O) groups is 1. The Hall–Kier alpha value is -3.44. The highest BCUT2D eigenvalue weighted by Crippen LogP contribution is 2.30. The number of halogens is 4. The van der Waals surface area contributed by atoms with Crippen LogP contribution in [-0.2, 0) is 33.8 Å². The molecular formula is C27H27F4NO5S. The van der Waals surface area contributed by atoms with Crippen LogP contribution in [0.3, 0.4) is 0 Å². The molecule has 0 aliphatic carbocycles. The van der Waals surface area contributed by atoms with Gasteiger partial charge in [-0.05, 0) is 29.7 Å². The van der Waals surface area contributed by atoms with Gasteiger partial charge in [-0.25, -0.2) is 17.6 Å². The summed E-state index contributed by atoms with van der Waals surface area (Å²) in [5, 5.41) is 0. The molecule has 0 unspecified atom stereocenters. The zero-order valence-corrected chi connectivity index (χ0v) is 21.6. The van der Waals surface area contributed by atoms with E-state index in [4.69, 9.17) is 4.74 Å². The Morgan fingerprint density at radius 3 is 2.24 bits per heavy atom. The summed E-state index contributed by atoms with van der Waals surface area (Å²) in [7, 11) is -2.96. The number of sulfone groups is 1. The normalized spacial score (nSPS) is 12.0. The zero-order chi connectivity index (χ0) is 27.9. The topological polar surface area (TPSA) is 72.9 Å². The molecule has 0 heterocycles. The number of carbonyl (C=O) groups excluding carboxylic acids is 1. The van der Waals surface area contributed by atoms with Gasteiger partial charge in [0.25, 0.3) is 0 Å². The average Bonchev–Trinajstić information content (AvgIpc) is 2.85. The predicted molar refractivity (Wildman–Crippen MR) is 133 cm³/mol. The second-order valence-electron chi connectivity index (χ2n) is 8.64. The molecule has 0 fully saturated rings. The van der Waals surface area contributed by atoms with Gasteiger partial charge in [0.15, 0.2) is 9.84 Å². The molecule has 0 amide bonds.